The van der Waals surface area contributed by atoms with Gasteiger partial charge in [-0.2, -0.15) is 5.10 Å². The summed E-state index contributed by atoms with van der Waals surface area (Å²) < 4.78 is 1.82. The Morgan fingerprint density at radius 2 is 2.30 bits per heavy atom. The maximum Gasteiger partial charge on any atom is 0.229 e. The third-order valence-electron chi connectivity index (χ3n) is 4.15. The zero-order valence-electron chi connectivity index (χ0n) is 13.4. The van der Waals surface area contributed by atoms with Crippen molar-refractivity contribution < 1.29 is 4.79 Å². The van der Waals surface area contributed by atoms with Crippen LogP contribution in [-0.2, 0) is 11.3 Å². The number of hydrogen-bond acceptors (Lipinski definition) is 5. The van der Waals surface area contributed by atoms with Crippen LogP contribution < -0.4 is 5.32 Å². The average Bonchev–Trinajstić information content (AvgIpc) is 3.09. The molecule has 7 nitrogen and oxygen atoms in total. The van der Waals surface area contributed by atoms with Crippen LogP contribution in [0.3, 0.4) is 0 Å². The second-order valence-electron chi connectivity index (χ2n) is 6.01. The van der Waals surface area contributed by atoms with Crippen molar-refractivity contribution in [3.63, 3.8) is 0 Å². The number of aromatic nitrogens is 4. The Morgan fingerprint density at radius 1 is 1.39 bits per heavy atom. The predicted molar refractivity (Wildman–Crippen MR) is 86.8 cm³/mol. The molecule has 0 spiro atoms. The molecule has 1 fully saturated rings. The van der Waals surface area contributed by atoms with Crippen molar-refractivity contribution >= 4 is 11.7 Å². The van der Waals surface area contributed by atoms with Crippen LogP contribution in [0.2, 0.25) is 0 Å². The van der Waals surface area contributed by atoms with Gasteiger partial charge in [0.25, 0.3) is 0 Å². The Kier molecular flexibility index (Phi) is 4.97. The molecule has 0 aromatic carbocycles. The number of piperidine rings is 1. The summed E-state index contributed by atoms with van der Waals surface area (Å²) in [5, 5.41) is 7.03. The SMILES string of the molecule is Cc1ccc(NC(=O)C2CCCN(CCn3cncn3)C2)nc1. The summed E-state index contributed by atoms with van der Waals surface area (Å²) in [5.74, 6) is 0.703. The number of nitrogens with one attached hydrogen (secondary N) is 1. The molecule has 2 aromatic heterocycles. The van der Waals surface area contributed by atoms with Gasteiger partial charge in [0.05, 0.1) is 12.5 Å². The number of likely N-dealkylation sites (tertiary alicyclic amines) is 1. The number of aryl methyl sites for hydroxylation is 1. The van der Waals surface area contributed by atoms with Gasteiger partial charge in [0, 0.05) is 19.3 Å². The molecule has 1 amide bonds. The molecule has 7 heteroatoms. The molecule has 1 aliphatic rings. The normalized spacial score (nSPS) is 18.7. The van der Waals surface area contributed by atoms with Gasteiger partial charge in [-0.1, -0.05) is 6.07 Å². The summed E-state index contributed by atoms with van der Waals surface area (Å²) in [6, 6.07) is 3.80. The molecule has 122 valence electrons. The molecule has 1 unspecified atom stereocenters. The maximum atomic E-state index is 12.4. The van der Waals surface area contributed by atoms with Crippen LogP contribution in [0.4, 0.5) is 5.82 Å². The lowest BCUT2D eigenvalue weighted by molar-refractivity contribution is -0.121. The largest absolute Gasteiger partial charge is 0.310 e. The summed E-state index contributed by atoms with van der Waals surface area (Å²) in [7, 11) is 0. The standard InChI is InChI=1S/C16H22N6O/c1-13-4-5-15(18-9-13)20-16(23)14-3-2-6-21(10-14)7-8-22-12-17-11-19-22/h4-5,9,11-12,14H,2-3,6-8,10H2,1H3,(H,18,20,23). The van der Waals surface area contributed by atoms with E-state index in [2.05, 4.69) is 25.3 Å². The summed E-state index contributed by atoms with van der Waals surface area (Å²) in [6.45, 7) is 5.48. The van der Waals surface area contributed by atoms with Gasteiger partial charge in [-0.05, 0) is 37.9 Å². The molecule has 2 aromatic rings. The zero-order valence-corrected chi connectivity index (χ0v) is 13.4. The Labute approximate surface area is 135 Å². The summed E-state index contributed by atoms with van der Waals surface area (Å²) >= 11 is 0. The quantitative estimate of drug-likeness (QED) is 0.901. The molecule has 0 bridgehead atoms. The van der Waals surface area contributed by atoms with Crippen molar-refractivity contribution in [3.8, 4) is 0 Å². The van der Waals surface area contributed by atoms with Crippen molar-refractivity contribution in [2.45, 2.75) is 26.3 Å². The Balaban J connectivity index is 1.50. The molecule has 3 rings (SSSR count). The highest BCUT2D eigenvalue weighted by Crippen LogP contribution is 2.18. The smallest absolute Gasteiger partial charge is 0.229 e. The first kappa shape index (κ1) is 15.6. The second-order valence-corrected chi connectivity index (χ2v) is 6.01. The zero-order chi connectivity index (χ0) is 16.1. The van der Waals surface area contributed by atoms with E-state index in [0.717, 1.165) is 44.6 Å². The van der Waals surface area contributed by atoms with E-state index >= 15 is 0 Å². The minimum Gasteiger partial charge on any atom is -0.310 e. The maximum absolute atomic E-state index is 12.4. The first-order chi connectivity index (χ1) is 11.2. The van der Waals surface area contributed by atoms with Gasteiger partial charge in [-0.15, -0.1) is 0 Å². The Bertz CT molecular complexity index is 625. The van der Waals surface area contributed by atoms with Crippen LogP contribution in [-0.4, -0.2) is 50.2 Å². The molecule has 0 aliphatic carbocycles. The van der Waals surface area contributed by atoms with Crippen LogP contribution in [0.1, 0.15) is 18.4 Å². The predicted octanol–water partition coefficient (Wildman–Crippen LogP) is 1.33. The van der Waals surface area contributed by atoms with Gasteiger partial charge >= 0.3 is 0 Å². The Morgan fingerprint density at radius 3 is 3.04 bits per heavy atom. The lowest BCUT2D eigenvalue weighted by Gasteiger charge is -2.31. The van der Waals surface area contributed by atoms with Crippen LogP contribution in [0.15, 0.2) is 31.0 Å². The number of rotatable bonds is 5. The van der Waals surface area contributed by atoms with Crippen LogP contribution >= 0.6 is 0 Å². The number of nitrogens with zero attached hydrogens (tertiary/aromatic N) is 5. The van der Waals surface area contributed by atoms with Crippen molar-refractivity contribution in [2.75, 3.05) is 25.0 Å². The van der Waals surface area contributed by atoms with Crippen LogP contribution in [0.25, 0.3) is 0 Å². The highest BCUT2D eigenvalue weighted by molar-refractivity contribution is 5.91. The van der Waals surface area contributed by atoms with Gasteiger partial charge in [0.2, 0.25) is 5.91 Å². The molecular formula is C16H22N6O. The average molecular weight is 314 g/mol. The number of anilines is 1. The third-order valence-corrected chi connectivity index (χ3v) is 4.15. The van der Waals surface area contributed by atoms with E-state index in [4.69, 9.17) is 0 Å². The van der Waals surface area contributed by atoms with E-state index in [0.29, 0.717) is 5.82 Å². The van der Waals surface area contributed by atoms with Gasteiger partial charge in [0.1, 0.15) is 18.5 Å². The molecule has 23 heavy (non-hydrogen) atoms. The number of hydrogen-bond donors (Lipinski definition) is 1. The lowest BCUT2D eigenvalue weighted by atomic mass is 9.97. The molecule has 1 saturated heterocycles. The highest BCUT2D eigenvalue weighted by Gasteiger charge is 2.25. The first-order valence-electron chi connectivity index (χ1n) is 7.99. The van der Waals surface area contributed by atoms with Gasteiger partial charge in [-0.3, -0.25) is 9.48 Å². The summed E-state index contributed by atoms with van der Waals surface area (Å²) in [5.41, 5.74) is 1.08. The minimum absolute atomic E-state index is 0.0163. The number of pyridine rings is 1. The van der Waals surface area contributed by atoms with E-state index in [1.165, 1.54) is 0 Å². The van der Waals surface area contributed by atoms with E-state index in [-0.39, 0.29) is 11.8 Å². The molecule has 1 aliphatic heterocycles. The van der Waals surface area contributed by atoms with Crippen LogP contribution in [0.5, 0.6) is 0 Å². The fourth-order valence-electron chi connectivity index (χ4n) is 2.83. The van der Waals surface area contributed by atoms with Crippen LogP contribution in [0, 0.1) is 12.8 Å². The van der Waals surface area contributed by atoms with Gasteiger partial charge < -0.3 is 10.2 Å². The fraction of sp³-hybridized carbons (Fsp3) is 0.500. The van der Waals surface area contributed by atoms with Crippen molar-refractivity contribution in [2.24, 2.45) is 5.92 Å². The van der Waals surface area contributed by atoms with Crippen molar-refractivity contribution in [1.82, 2.24) is 24.6 Å². The highest BCUT2D eigenvalue weighted by atomic mass is 16.2. The molecular weight excluding hydrogens is 292 g/mol. The van der Waals surface area contributed by atoms with Crippen molar-refractivity contribution in [1.29, 1.82) is 0 Å². The lowest BCUT2D eigenvalue weighted by Crippen LogP contribution is -2.42. The van der Waals surface area contributed by atoms with E-state index in [1.54, 1.807) is 18.9 Å². The topological polar surface area (TPSA) is 75.9 Å². The minimum atomic E-state index is 0.0163. The monoisotopic (exact) mass is 314 g/mol. The van der Waals surface area contributed by atoms with Gasteiger partial charge in [0.15, 0.2) is 0 Å². The third kappa shape index (κ3) is 4.35. The number of carbonyl (C=O) groups excluding carboxylic acids is 1. The van der Waals surface area contributed by atoms with E-state index < -0.39 is 0 Å². The molecule has 0 radical (unpaired) electrons. The molecule has 1 N–H and O–H groups in total. The number of amides is 1. The van der Waals surface area contributed by atoms with E-state index in [1.807, 2.05) is 23.7 Å². The summed E-state index contributed by atoms with van der Waals surface area (Å²) in [6.07, 6.45) is 6.99. The molecule has 0 saturated carbocycles. The fourth-order valence-corrected chi connectivity index (χ4v) is 2.83. The van der Waals surface area contributed by atoms with Crippen molar-refractivity contribution in [3.05, 3.63) is 36.5 Å². The number of carbonyl (C=O) groups is 1. The summed E-state index contributed by atoms with van der Waals surface area (Å²) in [4.78, 5) is 22.9. The van der Waals surface area contributed by atoms with E-state index in [9.17, 15) is 4.79 Å². The molecule has 1 atom stereocenters. The molecule has 3 heterocycles. The Hall–Kier alpha value is -2.28. The van der Waals surface area contributed by atoms with Gasteiger partial charge in [-0.25, -0.2) is 9.97 Å². The first-order valence-corrected chi connectivity index (χ1v) is 7.99. The second kappa shape index (κ2) is 7.32.